The van der Waals surface area contributed by atoms with Gasteiger partial charge in [-0.25, -0.2) is 14.8 Å². The Labute approximate surface area is 162 Å². The van der Waals surface area contributed by atoms with Crippen molar-refractivity contribution in [3.8, 4) is 0 Å². The maximum absolute atomic E-state index is 10.6. The Kier molecular flexibility index (Phi) is 5.40. The van der Waals surface area contributed by atoms with Crippen LogP contribution in [0.3, 0.4) is 0 Å². The summed E-state index contributed by atoms with van der Waals surface area (Å²) in [6.07, 6.45) is 9.56. The van der Waals surface area contributed by atoms with E-state index in [1.54, 1.807) is 30.2 Å². The van der Waals surface area contributed by atoms with E-state index in [9.17, 15) is 4.79 Å². The van der Waals surface area contributed by atoms with Crippen molar-refractivity contribution < 1.29 is 9.90 Å². The molecule has 1 saturated heterocycles. The molecule has 140 valence electrons. The zero-order chi connectivity index (χ0) is 18.6. The van der Waals surface area contributed by atoms with Crippen LogP contribution < -0.4 is 5.32 Å². The van der Waals surface area contributed by atoms with Crippen LogP contribution in [0.4, 0.5) is 11.5 Å². The van der Waals surface area contributed by atoms with E-state index in [1.165, 1.54) is 16.5 Å². The summed E-state index contributed by atoms with van der Waals surface area (Å²) in [7, 11) is 0. The third kappa shape index (κ3) is 4.48. The average molecular weight is 382 g/mol. The first kappa shape index (κ1) is 18.0. The lowest BCUT2D eigenvalue weighted by Gasteiger charge is -2.31. The predicted molar refractivity (Wildman–Crippen MR) is 105 cm³/mol. The van der Waals surface area contributed by atoms with Gasteiger partial charge in [0.25, 0.3) is 0 Å². The summed E-state index contributed by atoms with van der Waals surface area (Å²) in [6, 6.07) is 6.56. The van der Waals surface area contributed by atoms with Crippen molar-refractivity contribution in [2.45, 2.75) is 35.7 Å². The van der Waals surface area contributed by atoms with E-state index in [-0.39, 0.29) is 0 Å². The van der Waals surface area contributed by atoms with Crippen molar-refractivity contribution in [1.29, 1.82) is 0 Å². The molecule has 6 nitrogen and oxygen atoms in total. The number of carboxylic acid groups (broad SMARTS) is 1. The van der Waals surface area contributed by atoms with Crippen molar-refractivity contribution in [2.75, 3.05) is 18.4 Å². The molecule has 4 rings (SSSR count). The summed E-state index contributed by atoms with van der Waals surface area (Å²) in [5.74, 6) is 0.552. The maximum Gasteiger partial charge on any atom is 0.327 e. The summed E-state index contributed by atoms with van der Waals surface area (Å²) >= 11 is 1.65. The number of fused-ring (bicyclic) bond motifs is 2. The van der Waals surface area contributed by atoms with Crippen molar-refractivity contribution >= 4 is 29.2 Å². The molecule has 1 aromatic heterocycles. The fourth-order valence-corrected chi connectivity index (χ4v) is 4.46. The first-order chi connectivity index (χ1) is 13.2. The molecule has 0 aliphatic carbocycles. The van der Waals surface area contributed by atoms with Crippen molar-refractivity contribution in [1.82, 2.24) is 14.9 Å². The van der Waals surface area contributed by atoms with Crippen LogP contribution in [-0.2, 0) is 11.3 Å². The SMILES string of the molecule is O=C(O)/C=C/CC1CCN(Cc2ccc3c(c2)Nc2nccnc2S3)CC1. The Morgan fingerprint density at radius 3 is 2.93 bits per heavy atom. The number of aromatic nitrogens is 2. The van der Waals surface area contributed by atoms with E-state index in [4.69, 9.17) is 5.11 Å². The molecule has 2 aromatic rings. The van der Waals surface area contributed by atoms with Crippen molar-refractivity contribution in [3.63, 3.8) is 0 Å². The molecule has 7 heteroatoms. The van der Waals surface area contributed by atoms with Crippen LogP contribution in [-0.4, -0.2) is 39.0 Å². The number of carboxylic acids is 1. The minimum atomic E-state index is -0.861. The van der Waals surface area contributed by atoms with E-state index < -0.39 is 5.97 Å². The molecular formula is C20H22N4O2S. The quantitative estimate of drug-likeness (QED) is 0.647. The van der Waals surface area contributed by atoms with Crippen molar-refractivity contribution in [2.24, 2.45) is 5.92 Å². The van der Waals surface area contributed by atoms with Gasteiger partial charge in [-0.2, -0.15) is 0 Å². The Hall–Kier alpha value is -2.38. The molecule has 0 bridgehead atoms. The molecule has 3 heterocycles. The molecule has 27 heavy (non-hydrogen) atoms. The number of likely N-dealkylation sites (tertiary alicyclic amines) is 1. The molecule has 0 radical (unpaired) electrons. The highest BCUT2D eigenvalue weighted by atomic mass is 32.2. The average Bonchev–Trinajstić information content (AvgIpc) is 2.67. The predicted octanol–water partition coefficient (Wildman–Crippen LogP) is 3.93. The first-order valence-electron chi connectivity index (χ1n) is 9.18. The standard InChI is InChI=1S/C20H22N4O2S/c25-18(26)3-1-2-14-6-10-24(11-7-14)13-15-4-5-17-16(12-15)23-19-20(27-17)22-9-8-21-19/h1,3-5,8-9,12,14H,2,6-7,10-11,13H2,(H,21,23)(H,25,26)/b3-1+. The highest BCUT2D eigenvalue weighted by Gasteiger charge is 2.20. The van der Waals surface area contributed by atoms with Gasteiger partial charge in [0.15, 0.2) is 5.82 Å². The van der Waals surface area contributed by atoms with Crippen LogP contribution in [0.25, 0.3) is 0 Å². The second-order valence-electron chi connectivity index (χ2n) is 6.96. The molecule has 0 amide bonds. The lowest BCUT2D eigenvalue weighted by Crippen LogP contribution is -2.33. The van der Waals surface area contributed by atoms with Gasteiger partial charge < -0.3 is 10.4 Å². The smallest absolute Gasteiger partial charge is 0.327 e. The lowest BCUT2D eigenvalue weighted by molar-refractivity contribution is -0.131. The molecule has 1 fully saturated rings. The second-order valence-corrected chi connectivity index (χ2v) is 7.99. The molecule has 1 aromatic carbocycles. The highest BCUT2D eigenvalue weighted by Crippen LogP contribution is 2.42. The second kappa shape index (κ2) is 8.10. The topological polar surface area (TPSA) is 78.4 Å². The molecule has 2 aliphatic heterocycles. The Morgan fingerprint density at radius 1 is 1.30 bits per heavy atom. The van der Waals surface area contributed by atoms with Gasteiger partial charge in [-0.15, -0.1) is 0 Å². The van der Waals surface area contributed by atoms with Gasteiger partial charge in [0, 0.05) is 29.9 Å². The first-order valence-corrected chi connectivity index (χ1v) is 9.99. The number of hydrogen-bond acceptors (Lipinski definition) is 6. The summed E-state index contributed by atoms with van der Waals surface area (Å²) < 4.78 is 0. The van der Waals surface area contributed by atoms with Gasteiger partial charge in [0.05, 0.1) is 5.69 Å². The fraction of sp³-hybridized carbons (Fsp3) is 0.350. The van der Waals surface area contributed by atoms with Crippen LogP contribution in [0.1, 0.15) is 24.8 Å². The monoisotopic (exact) mass is 382 g/mol. The Balaban J connectivity index is 1.33. The Morgan fingerprint density at radius 2 is 2.11 bits per heavy atom. The zero-order valence-corrected chi connectivity index (χ0v) is 15.8. The molecule has 0 saturated carbocycles. The molecule has 0 spiro atoms. The fourth-order valence-electron chi connectivity index (χ4n) is 3.58. The lowest BCUT2D eigenvalue weighted by atomic mass is 9.93. The zero-order valence-electron chi connectivity index (χ0n) is 15.0. The number of carbonyl (C=O) groups is 1. The minimum Gasteiger partial charge on any atom is -0.478 e. The van der Waals surface area contributed by atoms with Crippen LogP contribution in [0.15, 0.2) is 52.7 Å². The molecule has 2 N–H and O–H groups in total. The number of allylic oxidation sites excluding steroid dienone is 1. The maximum atomic E-state index is 10.6. The van der Waals surface area contributed by atoms with Gasteiger partial charge in [0.2, 0.25) is 0 Å². The van der Waals surface area contributed by atoms with E-state index in [0.717, 1.165) is 55.4 Å². The van der Waals surface area contributed by atoms with Gasteiger partial charge in [0.1, 0.15) is 5.03 Å². The molecule has 0 atom stereocenters. The minimum absolute atomic E-state index is 0.591. The van der Waals surface area contributed by atoms with Gasteiger partial charge >= 0.3 is 5.97 Å². The van der Waals surface area contributed by atoms with E-state index in [1.807, 2.05) is 0 Å². The number of aliphatic carboxylic acids is 1. The number of hydrogen-bond donors (Lipinski definition) is 2. The number of piperidine rings is 1. The van der Waals surface area contributed by atoms with E-state index >= 15 is 0 Å². The molecule has 2 aliphatic rings. The van der Waals surface area contributed by atoms with Crippen molar-refractivity contribution in [3.05, 3.63) is 48.3 Å². The van der Waals surface area contributed by atoms with Crippen LogP contribution >= 0.6 is 11.8 Å². The number of rotatable bonds is 5. The third-order valence-corrected chi connectivity index (χ3v) is 6.08. The summed E-state index contributed by atoms with van der Waals surface area (Å²) in [6.45, 7) is 3.04. The summed E-state index contributed by atoms with van der Waals surface area (Å²) in [5, 5.41) is 13.0. The number of nitrogens with zero attached hydrogens (tertiary/aromatic N) is 3. The third-order valence-electron chi connectivity index (χ3n) is 5.01. The van der Waals surface area contributed by atoms with Gasteiger partial charge in [-0.1, -0.05) is 23.9 Å². The van der Waals surface area contributed by atoms with Crippen LogP contribution in [0, 0.1) is 5.92 Å². The van der Waals surface area contributed by atoms with Gasteiger partial charge in [-0.05, 0) is 56.0 Å². The van der Waals surface area contributed by atoms with E-state index in [2.05, 4.69) is 38.4 Å². The van der Waals surface area contributed by atoms with Crippen LogP contribution in [0.5, 0.6) is 0 Å². The summed E-state index contributed by atoms with van der Waals surface area (Å²) in [5.41, 5.74) is 2.39. The number of nitrogens with one attached hydrogen (secondary N) is 1. The highest BCUT2D eigenvalue weighted by molar-refractivity contribution is 7.99. The molecular weight excluding hydrogens is 360 g/mol. The Bertz CT molecular complexity index is 863. The summed E-state index contributed by atoms with van der Waals surface area (Å²) in [4.78, 5) is 22.9. The number of anilines is 2. The molecule has 0 unspecified atom stereocenters. The van der Waals surface area contributed by atoms with Gasteiger partial charge in [-0.3, -0.25) is 4.90 Å². The van der Waals surface area contributed by atoms with Crippen LogP contribution in [0.2, 0.25) is 0 Å². The number of benzene rings is 1. The largest absolute Gasteiger partial charge is 0.478 e. The normalized spacial score (nSPS) is 17.3. The van der Waals surface area contributed by atoms with E-state index in [0.29, 0.717) is 5.92 Å².